The van der Waals surface area contributed by atoms with Gasteiger partial charge in [0.15, 0.2) is 17.6 Å². The van der Waals surface area contributed by atoms with Gasteiger partial charge in [0.25, 0.3) is 5.91 Å². The van der Waals surface area contributed by atoms with Crippen LogP contribution in [0.15, 0.2) is 16.6 Å². The zero-order valence-corrected chi connectivity index (χ0v) is 11.1. The summed E-state index contributed by atoms with van der Waals surface area (Å²) in [5.41, 5.74) is 1.04. The lowest BCUT2D eigenvalue weighted by Crippen LogP contribution is -2.35. The van der Waals surface area contributed by atoms with Crippen LogP contribution in [0, 0.1) is 0 Å². The molecule has 1 aromatic carbocycles. The number of anilines is 1. The molecule has 4 nitrogen and oxygen atoms in total. The van der Waals surface area contributed by atoms with Gasteiger partial charge in [-0.25, -0.2) is 0 Å². The van der Waals surface area contributed by atoms with Gasteiger partial charge in [0, 0.05) is 10.9 Å². The number of carbonyl (C=O) groups excluding carboxylic acids is 2. The van der Waals surface area contributed by atoms with Crippen molar-refractivity contribution >= 4 is 33.3 Å². The van der Waals surface area contributed by atoms with Crippen LogP contribution in [0.2, 0.25) is 0 Å². The van der Waals surface area contributed by atoms with E-state index in [1.165, 1.54) is 0 Å². The van der Waals surface area contributed by atoms with E-state index in [2.05, 4.69) is 21.2 Å². The molecule has 90 valence electrons. The van der Waals surface area contributed by atoms with Crippen LogP contribution in [0.5, 0.6) is 5.75 Å². The van der Waals surface area contributed by atoms with Crippen LogP contribution in [0.25, 0.3) is 0 Å². The van der Waals surface area contributed by atoms with Gasteiger partial charge in [-0.15, -0.1) is 0 Å². The van der Waals surface area contributed by atoms with E-state index in [-0.39, 0.29) is 11.7 Å². The molecule has 1 N–H and O–H groups in total. The molecule has 0 spiro atoms. The second-order valence-electron chi connectivity index (χ2n) is 3.86. The van der Waals surface area contributed by atoms with Gasteiger partial charge in [0.1, 0.15) is 0 Å². The Labute approximate surface area is 107 Å². The zero-order chi connectivity index (χ0) is 12.6. The molecule has 1 aliphatic heterocycles. The number of Topliss-reactive ketones (excluding diaryl/α,β-unsaturated/α-hetero) is 1. The lowest BCUT2D eigenvalue weighted by atomic mass is 10.1. The van der Waals surface area contributed by atoms with Gasteiger partial charge < -0.3 is 10.1 Å². The number of ketones is 1. The van der Waals surface area contributed by atoms with Gasteiger partial charge in [-0.3, -0.25) is 9.59 Å². The Bertz CT molecular complexity index is 499. The third-order valence-electron chi connectivity index (χ3n) is 2.60. The molecule has 0 bridgehead atoms. The highest BCUT2D eigenvalue weighted by Crippen LogP contribution is 2.36. The molecule has 0 aromatic heterocycles. The van der Waals surface area contributed by atoms with Crippen molar-refractivity contribution < 1.29 is 14.3 Å². The van der Waals surface area contributed by atoms with Crippen molar-refractivity contribution in [1.29, 1.82) is 0 Å². The highest BCUT2D eigenvalue weighted by Gasteiger charge is 2.27. The molecule has 1 atom stereocenters. The van der Waals surface area contributed by atoms with Crippen LogP contribution in [0.3, 0.4) is 0 Å². The maximum Gasteiger partial charge on any atom is 0.265 e. The number of rotatable bonds is 2. The maximum atomic E-state index is 11.8. The number of nitrogens with one attached hydrogen (secondary N) is 1. The third-order valence-corrected chi connectivity index (χ3v) is 3.05. The topological polar surface area (TPSA) is 55.4 Å². The summed E-state index contributed by atoms with van der Waals surface area (Å²) in [5, 5.41) is 2.72. The molecule has 17 heavy (non-hydrogen) atoms. The predicted molar refractivity (Wildman–Crippen MR) is 67.5 cm³/mol. The Morgan fingerprint density at radius 1 is 1.53 bits per heavy atom. The predicted octanol–water partition coefficient (Wildman–Crippen LogP) is 2.76. The van der Waals surface area contributed by atoms with E-state index in [0.717, 1.165) is 4.47 Å². The molecule has 0 radical (unpaired) electrons. The highest BCUT2D eigenvalue weighted by atomic mass is 79.9. The first-order valence-corrected chi connectivity index (χ1v) is 6.16. The maximum absolute atomic E-state index is 11.8. The molecule has 0 fully saturated rings. The fourth-order valence-electron chi connectivity index (χ4n) is 1.68. The Morgan fingerprint density at radius 2 is 2.24 bits per heavy atom. The van der Waals surface area contributed by atoms with Crippen molar-refractivity contribution in [2.75, 3.05) is 5.32 Å². The summed E-state index contributed by atoms with van der Waals surface area (Å²) in [6, 6.07) is 3.44. The van der Waals surface area contributed by atoms with E-state index in [9.17, 15) is 9.59 Å². The van der Waals surface area contributed by atoms with Crippen LogP contribution >= 0.6 is 15.9 Å². The van der Waals surface area contributed by atoms with Gasteiger partial charge in [-0.1, -0.05) is 22.9 Å². The summed E-state index contributed by atoms with van der Waals surface area (Å²) in [6.07, 6.45) is -0.179. The van der Waals surface area contributed by atoms with Gasteiger partial charge in [-0.2, -0.15) is 0 Å². The second kappa shape index (κ2) is 4.49. The van der Waals surface area contributed by atoms with E-state index >= 15 is 0 Å². The van der Waals surface area contributed by atoms with Crippen molar-refractivity contribution in [3.63, 3.8) is 0 Å². The first-order valence-electron chi connectivity index (χ1n) is 5.37. The minimum Gasteiger partial charge on any atom is -0.478 e. The van der Waals surface area contributed by atoms with Crippen LogP contribution in [-0.2, 0) is 4.79 Å². The highest BCUT2D eigenvalue weighted by molar-refractivity contribution is 9.10. The Hall–Kier alpha value is -1.36. The average molecular weight is 298 g/mol. The number of hydrogen-bond donors (Lipinski definition) is 1. The molecule has 1 unspecified atom stereocenters. The van der Waals surface area contributed by atoms with E-state index in [1.54, 1.807) is 26.0 Å². The largest absolute Gasteiger partial charge is 0.478 e. The summed E-state index contributed by atoms with van der Waals surface area (Å²) in [6.45, 7) is 3.45. The van der Waals surface area contributed by atoms with Crippen molar-refractivity contribution in [2.45, 2.75) is 26.4 Å². The third kappa shape index (κ3) is 2.20. The van der Waals surface area contributed by atoms with E-state index in [0.29, 0.717) is 23.4 Å². The number of ether oxygens (including phenoxy) is 1. The van der Waals surface area contributed by atoms with Crippen LogP contribution < -0.4 is 10.1 Å². The number of hydrogen-bond acceptors (Lipinski definition) is 3. The Kier molecular flexibility index (Phi) is 3.19. The fraction of sp³-hybridized carbons (Fsp3) is 0.333. The average Bonchev–Trinajstić information content (AvgIpc) is 2.29. The van der Waals surface area contributed by atoms with Crippen molar-refractivity contribution in [2.24, 2.45) is 0 Å². The van der Waals surface area contributed by atoms with Crippen LogP contribution in [0.1, 0.15) is 30.6 Å². The second-order valence-corrected chi connectivity index (χ2v) is 4.77. The molecular formula is C12H12BrNO3. The fourth-order valence-corrected chi connectivity index (χ4v) is 2.13. The molecule has 0 saturated heterocycles. The number of halogens is 1. The first kappa shape index (κ1) is 12.1. The van der Waals surface area contributed by atoms with Crippen molar-refractivity contribution in [1.82, 2.24) is 0 Å². The number of fused-ring (bicyclic) bond motifs is 1. The lowest BCUT2D eigenvalue weighted by Gasteiger charge is -2.25. The monoisotopic (exact) mass is 297 g/mol. The normalized spacial score (nSPS) is 18.1. The van der Waals surface area contributed by atoms with E-state index in [1.807, 2.05) is 0 Å². The molecule has 5 heteroatoms. The molecule has 2 rings (SSSR count). The van der Waals surface area contributed by atoms with Gasteiger partial charge in [0.2, 0.25) is 0 Å². The summed E-state index contributed by atoms with van der Waals surface area (Å²) >= 11 is 3.31. The summed E-state index contributed by atoms with van der Waals surface area (Å²) in [5.74, 6) is 0.253. The molecular weight excluding hydrogens is 286 g/mol. The summed E-state index contributed by atoms with van der Waals surface area (Å²) in [4.78, 5) is 23.3. The van der Waals surface area contributed by atoms with E-state index in [4.69, 9.17) is 4.74 Å². The van der Waals surface area contributed by atoms with Gasteiger partial charge in [-0.05, 0) is 19.1 Å². The van der Waals surface area contributed by atoms with Crippen LogP contribution in [-0.4, -0.2) is 17.8 Å². The lowest BCUT2D eigenvalue weighted by molar-refractivity contribution is -0.122. The minimum absolute atomic E-state index is 0.00843. The quantitative estimate of drug-likeness (QED) is 0.854. The molecule has 1 aromatic rings. The molecule has 1 amide bonds. The summed E-state index contributed by atoms with van der Waals surface area (Å²) < 4.78 is 6.24. The smallest absolute Gasteiger partial charge is 0.265 e. The first-order chi connectivity index (χ1) is 8.02. The standard InChI is InChI=1S/C12H12BrNO3/c1-3-10(15)8-4-7(13)5-9-11(8)17-6(2)12(16)14-9/h4-6H,3H2,1-2H3,(H,14,16). The van der Waals surface area contributed by atoms with Crippen molar-refractivity contribution in [3.05, 3.63) is 22.2 Å². The van der Waals surface area contributed by atoms with Gasteiger partial charge >= 0.3 is 0 Å². The Balaban J connectivity index is 2.55. The SMILES string of the molecule is CCC(=O)c1cc(Br)cc2c1OC(C)C(=O)N2. The van der Waals surface area contributed by atoms with E-state index < -0.39 is 6.10 Å². The zero-order valence-electron chi connectivity index (χ0n) is 9.54. The minimum atomic E-state index is -0.577. The van der Waals surface area contributed by atoms with Gasteiger partial charge in [0.05, 0.1) is 11.3 Å². The van der Waals surface area contributed by atoms with Crippen LogP contribution in [0.4, 0.5) is 5.69 Å². The molecule has 0 saturated carbocycles. The number of amides is 1. The number of carbonyl (C=O) groups is 2. The van der Waals surface area contributed by atoms with Crippen molar-refractivity contribution in [3.8, 4) is 5.75 Å². The molecule has 1 heterocycles. The molecule has 1 aliphatic rings. The molecule has 0 aliphatic carbocycles. The Morgan fingerprint density at radius 3 is 2.88 bits per heavy atom. The number of benzene rings is 1. The summed E-state index contributed by atoms with van der Waals surface area (Å²) in [7, 11) is 0.